The first-order valence-corrected chi connectivity index (χ1v) is 7.82. The highest BCUT2D eigenvalue weighted by Gasteiger charge is 2.42. The van der Waals surface area contributed by atoms with Crippen LogP contribution in [0.4, 0.5) is 5.69 Å². The average Bonchev–Trinajstić information content (AvgIpc) is 2.76. The van der Waals surface area contributed by atoms with Gasteiger partial charge >= 0.3 is 0 Å². The molecule has 0 radical (unpaired) electrons. The highest BCUT2D eigenvalue weighted by molar-refractivity contribution is 9.10. The van der Waals surface area contributed by atoms with E-state index in [0.29, 0.717) is 12.1 Å². The number of rotatable bonds is 2. The van der Waals surface area contributed by atoms with Crippen molar-refractivity contribution < 1.29 is 9.59 Å². The molecule has 2 aliphatic heterocycles. The molecule has 2 saturated heterocycles. The standard InChI is InChI=1S/C15H17BrN2O2/c16-11-4-6-12(7-5-11)18-14(19)10-13(15(18)20)17-8-2-1-3-9-17/h4-7,13H,1-3,8-10H2/t13-/m0/s1. The van der Waals surface area contributed by atoms with E-state index in [1.165, 1.54) is 11.3 Å². The molecule has 0 aromatic heterocycles. The topological polar surface area (TPSA) is 40.6 Å². The van der Waals surface area contributed by atoms with E-state index in [0.717, 1.165) is 30.4 Å². The lowest BCUT2D eigenvalue weighted by molar-refractivity contribution is -0.123. The summed E-state index contributed by atoms with van der Waals surface area (Å²) in [6.07, 6.45) is 3.78. The minimum Gasteiger partial charge on any atom is -0.292 e. The summed E-state index contributed by atoms with van der Waals surface area (Å²) in [7, 11) is 0. The number of carbonyl (C=O) groups is 2. The number of hydrogen-bond donors (Lipinski definition) is 0. The molecule has 0 N–H and O–H groups in total. The van der Waals surface area contributed by atoms with Gasteiger partial charge in [0.1, 0.15) is 0 Å². The second-order valence-electron chi connectivity index (χ2n) is 5.36. The Kier molecular flexibility index (Phi) is 3.89. The predicted molar refractivity (Wildman–Crippen MR) is 80.5 cm³/mol. The molecule has 0 spiro atoms. The summed E-state index contributed by atoms with van der Waals surface area (Å²) in [5, 5.41) is 0. The highest BCUT2D eigenvalue weighted by atomic mass is 79.9. The Balaban J connectivity index is 1.81. The van der Waals surface area contributed by atoms with Gasteiger partial charge in [0, 0.05) is 4.47 Å². The first-order valence-electron chi connectivity index (χ1n) is 7.03. The minimum absolute atomic E-state index is 0.0702. The van der Waals surface area contributed by atoms with Crippen LogP contribution in [0.5, 0.6) is 0 Å². The van der Waals surface area contributed by atoms with E-state index in [2.05, 4.69) is 20.8 Å². The fourth-order valence-electron chi connectivity index (χ4n) is 2.99. The van der Waals surface area contributed by atoms with E-state index in [-0.39, 0.29) is 17.9 Å². The van der Waals surface area contributed by atoms with Gasteiger partial charge in [-0.1, -0.05) is 22.4 Å². The summed E-state index contributed by atoms with van der Waals surface area (Å²) in [5.41, 5.74) is 0.669. The molecule has 0 bridgehead atoms. The van der Waals surface area contributed by atoms with E-state index in [1.54, 1.807) is 12.1 Å². The van der Waals surface area contributed by atoms with Gasteiger partial charge in [0.05, 0.1) is 18.2 Å². The van der Waals surface area contributed by atoms with E-state index >= 15 is 0 Å². The van der Waals surface area contributed by atoms with E-state index < -0.39 is 0 Å². The molecule has 1 atom stereocenters. The molecule has 1 aromatic carbocycles. The van der Waals surface area contributed by atoms with Crippen LogP contribution in [0.25, 0.3) is 0 Å². The number of anilines is 1. The Morgan fingerprint density at radius 1 is 1.00 bits per heavy atom. The lowest BCUT2D eigenvalue weighted by Gasteiger charge is -2.30. The van der Waals surface area contributed by atoms with Crippen LogP contribution in [0.3, 0.4) is 0 Å². The van der Waals surface area contributed by atoms with Gasteiger partial charge in [0.15, 0.2) is 0 Å². The molecule has 0 aliphatic carbocycles. The predicted octanol–water partition coefficient (Wildman–Crippen LogP) is 2.57. The molecule has 0 unspecified atom stereocenters. The van der Waals surface area contributed by atoms with Crippen LogP contribution in [0.15, 0.2) is 28.7 Å². The van der Waals surface area contributed by atoms with Crippen LogP contribution in [-0.2, 0) is 9.59 Å². The molecule has 3 rings (SSSR count). The van der Waals surface area contributed by atoms with Crippen molar-refractivity contribution in [2.45, 2.75) is 31.7 Å². The number of piperidine rings is 1. The maximum Gasteiger partial charge on any atom is 0.251 e. The van der Waals surface area contributed by atoms with Crippen molar-refractivity contribution in [1.29, 1.82) is 0 Å². The second-order valence-corrected chi connectivity index (χ2v) is 6.28. The molecular weight excluding hydrogens is 320 g/mol. The van der Waals surface area contributed by atoms with Crippen molar-refractivity contribution in [3.8, 4) is 0 Å². The van der Waals surface area contributed by atoms with Crippen molar-refractivity contribution in [3.63, 3.8) is 0 Å². The molecule has 2 heterocycles. The molecule has 5 heteroatoms. The zero-order valence-corrected chi connectivity index (χ0v) is 12.8. The Bertz CT molecular complexity index is 523. The lowest BCUT2D eigenvalue weighted by Crippen LogP contribution is -2.44. The van der Waals surface area contributed by atoms with Gasteiger partial charge in [0.25, 0.3) is 5.91 Å². The first-order chi connectivity index (χ1) is 9.66. The molecule has 4 nitrogen and oxygen atoms in total. The Morgan fingerprint density at radius 3 is 2.30 bits per heavy atom. The summed E-state index contributed by atoms with van der Waals surface area (Å²) in [6.45, 7) is 1.86. The van der Waals surface area contributed by atoms with Crippen molar-refractivity contribution in [1.82, 2.24) is 4.90 Å². The smallest absolute Gasteiger partial charge is 0.251 e. The maximum atomic E-state index is 12.6. The normalized spacial score (nSPS) is 24.4. The summed E-state index contributed by atoms with van der Waals surface area (Å²) in [4.78, 5) is 28.3. The summed E-state index contributed by atoms with van der Waals surface area (Å²) in [6, 6.07) is 7.05. The minimum atomic E-state index is -0.258. The molecule has 2 amide bonds. The molecule has 0 saturated carbocycles. The zero-order chi connectivity index (χ0) is 14.1. The third-order valence-corrected chi connectivity index (χ3v) is 4.57. The number of carbonyl (C=O) groups excluding carboxylic acids is 2. The van der Waals surface area contributed by atoms with Crippen molar-refractivity contribution in [3.05, 3.63) is 28.7 Å². The molecule has 20 heavy (non-hydrogen) atoms. The molecule has 1 aromatic rings. The zero-order valence-electron chi connectivity index (χ0n) is 11.2. The Morgan fingerprint density at radius 2 is 1.65 bits per heavy atom. The van der Waals surface area contributed by atoms with Gasteiger partial charge in [-0.2, -0.15) is 0 Å². The Hall–Kier alpha value is -1.20. The summed E-state index contributed by atoms with van der Waals surface area (Å²) < 4.78 is 0.938. The SMILES string of the molecule is O=C1C[C@H](N2CCCCC2)C(=O)N1c1ccc(Br)cc1. The number of halogens is 1. The summed E-state index contributed by atoms with van der Waals surface area (Å²) >= 11 is 3.36. The maximum absolute atomic E-state index is 12.6. The Labute approximate surface area is 126 Å². The fourth-order valence-corrected chi connectivity index (χ4v) is 3.26. The van der Waals surface area contributed by atoms with Gasteiger partial charge in [0.2, 0.25) is 5.91 Å². The molecular formula is C15H17BrN2O2. The van der Waals surface area contributed by atoms with E-state index in [4.69, 9.17) is 0 Å². The quantitative estimate of drug-likeness (QED) is 0.779. The lowest BCUT2D eigenvalue weighted by atomic mass is 10.1. The van der Waals surface area contributed by atoms with Gasteiger partial charge < -0.3 is 0 Å². The highest BCUT2D eigenvalue weighted by Crippen LogP contribution is 2.28. The monoisotopic (exact) mass is 336 g/mol. The van der Waals surface area contributed by atoms with E-state index in [9.17, 15) is 9.59 Å². The van der Waals surface area contributed by atoms with Gasteiger partial charge in [-0.25, -0.2) is 4.90 Å². The van der Waals surface area contributed by atoms with Gasteiger partial charge in [-0.3, -0.25) is 14.5 Å². The molecule has 2 fully saturated rings. The van der Waals surface area contributed by atoms with Crippen LogP contribution in [0.1, 0.15) is 25.7 Å². The van der Waals surface area contributed by atoms with Crippen LogP contribution in [0.2, 0.25) is 0 Å². The third-order valence-electron chi connectivity index (χ3n) is 4.04. The number of hydrogen-bond acceptors (Lipinski definition) is 3. The van der Waals surface area contributed by atoms with Crippen LogP contribution in [0, 0.1) is 0 Å². The molecule has 2 aliphatic rings. The van der Waals surface area contributed by atoms with Crippen LogP contribution < -0.4 is 4.90 Å². The van der Waals surface area contributed by atoms with Gasteiger partial charge in [-0.05, 0) is 50.2 Å². The van der Waals surface area contributed by atoms with E-state index in [1.807, 2.05) is 12.1 Å². The van der Waals surface area contributed by atoms with Crippen molar-refractivity contribution in [2.24, 2.45) is 0 Å². The number of imide groups is 1. The second kappa shape index (κ2) is 5.66. The average molecular weight is 337 g/mol. The number of likely N-dealkylation sites (tertiary alicyclic amines) is 1. The van der Waals surface area contributed by atoms with Gasteiger partial charge in [-0.15, -0.1) is 0 Å². The third kappa shape index (κ3) is 2.52. The fraction of sp³-hybridized carbons (Fsp3) is 0.467. The van der Waals surface area contributed by atoms with Crippen molar-refractivity contribution in [2.75, 3.05) is 18.0 Å². The first kappa shape index (κ1) is 13.8. The number of amides is 2. The van der Waals surface area contributed by atoms with Crippen LogP contribution in [-0.4, -0.2) is 35.8 Å². The number of benzene rings is 1. The van der Waals surface area contributed by atoms with Crippen molar-refractivity contribution >= 4 is 33.4 Å². The number of nitrogens with zero attached hydrogens (tertiary/aromatic N) is 2. The largest absolute Gasteiger partial charge is 0.292 e. The van der Waals surface area contributed by atoms with Crippen LogP contribution >= 0.6 is 15.9 Å². The summed E-state index contributed by atoms with van der Waals surface area (Å²) in [5.74, 6) is -0.160. The molecule has 106 valence electrons.